The van der Waals surface area contributed by atoms with Crippen LogP contribution in [0.2, 0.25) is 0 Å². The van der Waals surface area contributed by atoms with Crippen LogP contribution in [0.1, 0.15) is 17.5 Å². The second-order valence-electron chi connectivity index (χ2n) is 5.55. The zero-order valence-electron chi connectivity index (χ0n) is 14.2. The number of thioether (sulfide) groups is 1. The molecule has 0 aliphatic carbocycles. The lowest BCUT2D eigenvalue weighted by molar-refractivity contribution is -0.120. The van der Waals surface area contributed by atoms with Crippen LogP contribution in [0, 0.1) is 11.3 Å². The fraction of sp³-hybridized carbons (Fsp3) is 0.263. The minimum absolute atomic E-state index is 0.0564. The molecule has 0 radical (unpaired) electrons. The lowest BCUT2D eigenvalue weighted by Crippen LogP contribution is -2.27. The summed E-state index contributed by atoms with van der Waals surface area (Å²) in [5.74, 6) is 0.910. The van der Waals surface area contributed by atoms with Crippen molar-refractivity contribution in [3.05, 3.63) is 65.7 Å². The van der Waals surface area contributed by atoms with E-state index in [1.807, 2.05) is 18.2 Å². The quantitative estimate of drug-likeness (QED) is 0.668. The monoisotopic (exact) mass is 388 g/mol. The van der Waals surface area contributed by atoms with Gasteiger partial charge in [-0.15, -0.1) is 0 Å². The molecule has 0 saturated heterocycles. The third kappa shape index (κ3) is 6.21. The zero-order valence-corrected chi connectivity index (χ0v) is 15.9. The fourth-order valence-corrected chi connectivity index (χ4v) is 4.39. The number of carbonyl (C=O) groups excluding carboxylic acids is 1. The smallest absolute Gasteiger partial charge is 0.221 e. The predicted molar refractivity (Wildman–Crippen MR) is 103 cm³/mol. The van der Waals surface area contributed by atoms with E-state index in [-0.39, 0.29) is 23.0 Å². The van der Waals surface area contributed by atoms with Crippen molar-refractivity contribution in [3.63, 3.8) is 0 Å². The van der Waals surface area contributed by atoms with E-state index in [0.717, 1.165) is 5.56 Å². The molecule has 0 atom stereocenters. The summed E-state index contributed by atoms with van der Waals surface area (Å²) < 4.78 is 24.2. The van der Waals surface area contributed by atoms with Crippen LogP contribution in [-0.2, 0) is 20.4 Å². The number of benzene rings is 2. The Morgan fingerprint density at radius 1 is 1.08 bits per heavy atom. The van der Waals surface area contributed by atoms with Crippen LogP contribution in [0.4, 0.5) is 0 Å². The van der Waals surface area contributed by atoms with Crippen molar-refractivity contribution in [2.75, 3.05) is 18.1 Å². The number of rotatable bonds is 9. The van der Waals surface area contributed by atoms with Crippen molar-refractivity contribution in [1.29, 1.82) is 5.26 Å². The van der Waals surface area contributed by atoms with E-state index in [2.05, 4.69) is 11.4 Å². The molecule has 0 aromatic heterocycles. The SMILES string of the molecule is N#Cc1ccccc1CSCCNC(=O)CCS(=O)(=O)c1ccccc1. The second-order valence-corrected chi connectivity index (χ2v) is 8.77. The van der Waals surface area contributed by atoms with Crippen molar-refractivity contribution >= 4 is 27.5 Å². The van der Waals surface area contributed by atoms with E-state index in [1.54, 1.807) is 36.0 Å². The number of sulfone groups is 1. The number of amides is 1. The fourth-order valence-electron chi connectivity index (χ4n) is 2.26. The number of carbonyl (C=O) groups is 1. The molecule has 0 fully saturated rings. The largest absolute Gasteiger partial charge is 0.355 e. The first-order valence-corrected chi connectivity index (χ1v) is 10.9. The van der Waals surface area contributed by atoms with Crippen LogP contribution in [0.5, 0.6) is 0 Å². The van der Waals surface area contributed by atoms with Crippen LogP contribution in [-0.4, -0.2) is 32.4 Å². The molecule has 136 valence electrons. The summed E-state index contributed by atoms with van der Waals surface area (Å²) in [5.41, 5.74) is 1.63. The minimum atomic E-state index is -3.43. The Morgan fingerprint density at radius 3 is 2.50 bits per heavy atom. The van der Waals surface area contributed by atoms with E-state index >= 15 is 0 Å². The van der Waals surface area contributed by atoms with Gasteiger partial charge in [-0.3, -0.25) is 4.79 Å². The Morgan fingerprint density at radius 2 is 1.77 bits per heavy atom. The Bertz CT molecular complexity index is 875. The third-order valence-electron chi connectivity index (χ3n) is 3.66. The van der Waals surface area contributed by atoms with Crippen LogP contribution < -0.4 is 5.32 Å². The lowest BCUT2D eigenvalue weighted by atomic mass is 10.1. The Labute approximate surface area is 158 Å². The van der Waals surface area contributed by atoms with E-state index in [1.165, 1.54) is 12.1 Å². The number of nitriles is 1. The van der Waals surface area contributed by atoms with Crippen molar-refractivity contribution in [2.24, 2.45) is 0 Å². The lowest BCUT2D eigenvalue weighted by Gasteiger charge is -2.07. The van der Waals surface area contributed by atoms with Gasteiger partial charge in [0, 0.05) is 24.5 Å². The molecule has 0 spiro atoms. The maximum Gasteiger partial charge on any atom is 0.221 e. The second kappa shape index (κ2) is 10.00. The molecule has 0 saturated carbocycles. The Hall–Kier alpha value is -2.30. The van der Waals surface area contributed by atoms with Gasteiger partial charge in [-0.05, 0) is 23.8 Å². The first kappa shape index (κ1) is 20.0. The molecule has 26 heavy (non-hydrogen) atoms. The predicted octanol–water partition coefficient (Wildman–Crippen LogP) is 2.77. The summed E-state index contributed by atoms with van der Waals surface area (Å²) in [5, 5.41) is 11.8. The summed E-state index contributed by atoms with van der Waals surface area (Å²) >= 11 is 1.61. The van der Waals surface area contributed by atoms with Gasteiger partial charge < -0.3 is 5.32 Å². The van der Waals surface area contributed by atoms with E-state index in [9.17, 15) is 13.2 Å². The van der Waals surface area contributed by atoms with Gasteiger partial charge in [0.25, 0.3) is 0 Å². The van der Waals surface area contributed by atoms with Crippen LogP contribution in [0.25, 0.3) is 0 Å². The number of nitrogens with zero attached hydrogens (tertiary/aromatic N) is 1. The molecule has 2 rings (SSSR count). The summed E-state index contributed by atoms with van der Waals surface area (Å²) in [7, 11) is -3.43. The highest BCUT2D eigenvalue weighted by atomic mass is 32.2. The van der Waals surface area contributed by atoms with Crippen LogP contribution in [0.3, 0.4) is 0 Å². The summed E-state index contributed by atoms with van der Waals surface area (Å²) in [6, 6.07) is 17.7. The van der Waals surface area contributed by atoms with Gasteiger partial charge in [0.2, 0.25) is 5.91 Å². The molecule has 1 amide bonds. The average molecular weight is 389 g/mol. The van der Waals surface area contributed by atoms with E-state index in [0.29, 0.717) is 23.6 Å². The van der Waals surface area contributed by atoms with Crippen molar-refractivity contribution in [2.45, 2.75) is 17.1 Å². The van der Waals surface area contributed by atoms with Gasteiger partial charge in [-0.1, -0.05) is 36.4 Å². The van der Waals surface area contributed by atoms with Gasteiger partial charge in [0.1, 0.15) is 0 Å². The zero-order chi connectivity index (χ0) is 18.8. The van der Waals surface area contributed by atoms with Crippen LogP contribution in [0.15, 0.2) is 59.5 Å². The van der Waals surface area contributed by atoms with E-state index < -0.39 is 9.84 Å². The number of hydrogen-bond donors (Lipinski definition) is 1. The van der Waals surface area contributed by atoms with Gasteiger partial charge in [0.05, 0.1) is 22.3 Å². The van der Waals surface area contributed by atoms with Gasteiger partial charge >= 0.3 is 0 Å². The maximum absolute atomic E-state index is 12.1. The molecule has 0 bridgehead atoms. The molecule has 0 heterocycles. The summed E-state index contributed by atoms with van der Waals surface area (Å²) in [4.78, 5) is 12.1. The first-order chi connectivity index (χ1) is 12.5. The van der Waals surface area contributed by atoms with Gasteiger partial charge in [-0.25, -0.2) is 8.42 Å². The molecular weight excluding hydrogens is 368 g/mol. The molecule has 0 aliphatic rings. The van der Waals surface area contributed by atoms with E-state index in [4.69, 9.17) is 5.26 Å². The normalized spacial score (nSPS) is 10.9. The topological polar surface area (TPSA) is 87.0 Å². The van der Waals surface area contributed by atoms with Crippen LogP contribution >= 0.6 is 11.8 Å². The van der Waals surface area contributed by atoms with Gasteiger partial charge in [-0.2, -0.15) is 17.0 Å². The Balaban J connectivity index is 1.67. The molecule has 5 nitrogen and oxygen atoms in total. The molecule has 0 unspecified atom stereocenters. The first-order valence-electron chi connectivity index (χ1n) is 8.13. The number of hydrogen-bond acceptors (Lipinski definition) is 5. The van der Waals surface area contributed by atoms with Crippen molar-refractivity contribution in [1.82, 2.24) is 5.32 Å². The number of nitrogens with one attached hydrogen (secondary N) is 1. The average Bonchev–Trinajstić information content (AvgIpc) is 2.67. The molecule has 2 aromatic carbocycles. The molecular formula is C19H20N2O3S2. The summed E-state index contributed by atoms with van der Waals surface area (Å²) in [6.07, 6.45) is -0.0564. The molecule has 2 aromatic rings. The molecule has 1 N–H and O–H groups in total. The highest BCUT2D eigenvalue weighted by molar-refractivity contribution is 7.98. The highest BCUT2D eigenvalue weighted by Crippen LogP contribution is 2.15. The minimum Gasteiger partial charge on any atom is -0.355 e. The standard InChI is InChI=1S/C19H20N2O3S2/c20-14-16-6-4-5-7-17(16)15-25-12-11-21-19(22)10-13-26(23,24)18-8-2-1-3-9-18/h1-9H,10-13,15H2,(H,21,22). The Kier molecular flexibility index (Phi) is 7.70. The maximum atomic E-state index is 12.1. The van der Waals surface area contributed by atoms with Crippen molar-refractivity contribution < 1.29 is 13.2 Å². The highest BCUT2D eigenvalue weighted by Gasteiger charge is 2.15. The van der Waals surface area contributed by atoms with Crippen molar-refractivity contribution in [3.8, 4) is 6.07 Å². The molecule has 7 heteroatoms. The molecule has 0 aliphatic heterocycles. The third-order valence-corrected chi connectivity index (χ3v) is 6.40. The summed E-state index contributed by atoms with van der Waals surface area (Å²) in [6.45, 7) is 0.462. The van der Waals surface area contributed by atoms with Gasteiger partial charge in [0.15, 0.2) is 9.84 Å².